The van der Waals surface area contributed by atoms with Crippen LogP contribution in [0.5, 0.6) is 0 Å². The molecular weight excluding hydrogens is 308 g/mol. The number of nitrogens with zero attached hydrogens (tertiary/aromatic N) is 1. The second kappa shape index (κ2) is 6.39. The van der Waals surface area contributed by atoms with Gasteiger partial charge in [-0.25, -0.2) is 0 Å². The molecule has 5 heteroatoms. The van der Waals surface area contributed by atoms with E-state index in [-0.39, 0.29) is 12.0 Å². The third-order valence-electron chi connectivity index (χ3n) is 3.45. The summed E-state index contributed by atoms with van der Waals surface area (Å²) in [6.45, 7) is 4.75. The van der Waals surface area contributed by atoms with Crippen LogP contribution in [0, 0.1) is 6.92 Å². The fourth-order valence-corrected chi connectivity index (χ4v) is 2.95. The van der Waals surface area contributed by atoms with E-state index in [0.29, 0.717) is 6.42 Å². The summed E-state index contributed by atoms with van der Waals surface area (Å²) < 4.78 is 5.86. The molecule has 0 amide bonds. The number of carbonyl (C=O) groups is 1. The normalized spacial score (nSPS) is 19.3. The van der Waals surface area contributed by atoms with Crippen molar-refractivity contribution < 1.29 is 9.53 Å². The molecule has 1 fully saturated rings. The number of anilines is 1. The van der Waals surface area contributed by atoms with Crippen LogP contribution in [0.25, 0.3) is 0 Å². The minimum atomic E-state index is -0.159. The Morgan fingerprint density at radius 1 is 1.58 bits per heavy atom. The van der Waals surface area contributed by atoms with Crippen molar-refractivity contribution in [1.82, 2.24) is 5.32 Å². The highest BCUT2D eigenvalue weighted by Gasteiger charge is 2.26. The maximum absolute atomic E-state index is 11.5. The van der Waals surface area contributed by atoms with E-state index < -0.39 is 0 Å². The van der Waals surface area contributed by atoms with Crippen LogP contribution < -0.4 is 10.2 Å². The third-order valence-corrected chi connectivity index (χ3v) is 3.94. The predicted molar refractivity (Wildman–Crippen MR) is 79.5 cm³/mol. The smallest absolute Gasteiger partial charge is 0.307 e. The summed E-state index contributed by atoms with van der Waals surface area (Å²) >= 11 is 3.48. The van der Waals surface area contributed by atoms with E-state index in [0.717, 1.165) is 24.1 Å². The SMILES string of the molecule is COC(=O)CC1CNCCN1c1ccc(Br)cc1C. The van der Waals surface area contributed by atoms with Crippen molar-refractivity contribution in [3.05, 3.63) is 28.2 Å². The van der Waals surface area contributed by atoms with Crippen molar-refractivity contribution >= 4 is 27.6 Å². The van der Waals surface area contributed by atoms with E-state index in [4.69, 9.17) is 4.74 Å². The second-order valence-electron chi connectivity index (χ2n) is 4.76. The molecular formula is C14H19BrN2O2. The highest BCUT2D eigenvalue weighted by molar-refractivity contribution is 9.10. The zero-order chi connectivity index (χ0) is 13.8. The number of carbonyl (C=O) groups excluding carboxylic acids is 1. The summed E-state index contributed by atoms with van der Waals surface area (Å²) in [6, 6.07) is 6.40. The number of halogens is 1. The van der Waals surface area contributed by atoms with Gasteiger partial charge in [0.15, 0.2) is 0 Å². The van der Waals surface area contributed by atoms with E-state index in [1.807, 2.05) is 6.07 Å². The van der Waals surface area contributed by atoms with Crippen molar-refractivity contribution in [3.63, 3.8) is 0 Å². The first kappa shape index (κ1) is 14.3. The monoisotopic (exact) mass is 326 g/mol. The fraction of sp³-hybridized carbons (Fsp3) is 0.500. The van der Waals surface area contributed by atoms with E-state index in [1.54, 1.807) is 0 Å². The number of nitrogens with one attached hydrogen (secondary N) is 1. The molecule has 0 radical (unpaired) electrons. The molecule has 1 aliphatic rings. The molecule has 4 nitrogen and oxygen atoms in total. The molecule has 1 unspecified atom stereocenters. The molecule has 1 atom stereocenters. The standard InChI is InChI=1S/C14H19BrN2O2/c1-10-7-11(15)3-4-13(10)17-6-5-16-9-12(17)8-14(18)19-2/h3-4,7,12,16H,5-6,8-9H2,1-2H3. The molecule has 104 valence electrons. The number of benzene rings is 1. The topological polar surface area (TPSA) is 41.6 Å². The lowest BCUT2D eigenvalue weighted by Crippen LogP contribution is -2.52. The van der Waals surface area contributed by atoms with Crippen molar-refractivity contribution in [2.24, 2.45) is 0 Å². The van der Waals surface area contributed by atoms with Crippen molar-refractivity contribution in [1.29, 1.82) is 0 Å². The number of rotatable bonds is 3. The van der Waals surface area contributed by atoms with Gasteiger partial charge in [0.05, 0.1) is 19.6 Å². The number of aryl methyl sites for hydroxylation is 1. The van der Waals surface area contributed by atoms with Crippen LogP contribution in [0.1, 0.15) is 12.0 Å². The molecule has 0 aromatic heterocycles. The molecule has 0 bridgehead atoms. The minimum absolute atomic E-state index is 0.154. The molecule has 1 aromatic carbocycles. The summed E-state index contributed by atoms with van der Waals surface area (Å²) in [7, 11) is 1.44. The van der Waals surface area contributed by atoms with Gasteiger partial charge in [0, 0.05) is 29.8 Å². The van der Waals surface area contributed by atoms with Gasteiger partial charge in [-0.3, -0.25) is 4.79 Å². The summed E-state index contributed by atoms with van der Waals surface area (Å²) in [5.41, 5.74) is 2.41. The Hall–Kier alpha value is -1.07. The zero-order valence-electron chi connectivity index (χ0n) is 11.3. The number of esters is 1. The summed E-state index contributed by atoms with van der Waals surface area (Å²) in [5, 5.41) is 3.34. The summed E-state index contributed by atoms with van der Waals surface area (Å²) in [5.74, 6) is -0.159. The fourth-order valence-electron chi connectivity index (χ4n) is 2.48. The number of methoxy groups -OCH3 is 1. The molecule has 0 aliphatic carbocycles. The van der Waals surface area contributed by atoms with Gasteiger partial charge in [0.25, 0.3) is 0 Å². The maximum atomic E-state index is 11.5. The maximum Gasteiger partial charge on any atom is 0.307 e. The average Bonchev–Trinajstić information content (AvgIpc) is 2.40. The van der Waals surface area contributed by atoms with E-state index >= 15 is 0 Å². The molecule has 0 saturated carbocycles. The van der Waals surface area contributed by atoms with Crippen molar-refractivity contribution in [2.75, 3.05) is 31.6 Å². The molecule has 1 N–H and O–H groups in total. The molecule has 1 aromatic rings. The van der Waals surface area contributed by atoms with Crippen molar-refractivity contribution in [3.8, 4) is 0 Å². The van der Waals surface area contributed by atoms with Gasteiger partial charge in [-0.1, -0.05) is 15.9 Å². The number of piperazine rings is 1. The molecule has 19 heavy (non-hydrogen) atoms. The van der Waals surface area contributed by atoms with Gasteiger partial charge in [-0.05, 0) is 30.7 Å². The Balaban J connectivity index is 2.21. The van der Waals surface area contributed by atoms with Crippen LogP contribution in [0.2, 0.25) is 0 Å². The van der Waals surface area contributed by atoms with Gasteiger partial charge in [-0.2, -0.15) is 0 Å². The number of hydrogen-bond donors (Lipinski definition) is 1. The Labute approximate surface area is 122 Å². The lowest BCUT2D eigenvalue weighted by molar-refractivity contribution is -0.141. The third kappa shape index (κ3) is 3.48. The van der Waals surface area contributed by atoms with Gasteiger partial charge in [-0.15, -0.1) is 0 Å². The first-order chi connectivity index (χ1) is 9.11. The van der Waals surface area contributed by atoms with E-state index in [1.165, 1.54) is 18.4 Å². The first-order valence-electron chi connectivity index (χ1n) is 6.42. The Kier molecular flexibility index (Phi) is 4.82. The molecule has 1 heterocycles. The quantitative estimate of drug-likeness (QED) is 0.864. The Bertz CT molecular complexity index is 465. The van der Waals surface area contributed by atoms with E-state index in [2.05, 4.69) is 45.2 Å². The summed E-state index contributed by atoms with van der Waals surface area (Å²) in [6.07, 6.45) is 0.416. The highest BCUT2D eigenvalue weighted by Crippen LogP contribution is 2.27. The van der Waals surface area contributed by atoms with Gasteiger partial charge in [0.1, 0.15) is 0 Å². The molecule has 1 aliphatic heterocycles. The van der Waals surface area contributed by atoms with Crippen LogP contribution >= 0.6 is 15.9 Å². The average molecular weight is 327 g/mol. The van der Waals surface area contributed by atoms with Gasteiger partial charge < -0.3 is 15.0 Å². The van der Waals surface area contributed by atoms with Crippen LogP contribution in [0.15, 0.2) is 22.7 Å². The van der Waals surface area contributed by atoms with Crippen LogP contribution in [0.4, 0.5) is 5.69 Å². The first-order valence-corrected chi connectivity index (χ1v) is 7.21. The molecule has 2 rings (SSSR count). The predicted octanol–water partition coefficient (Wildman–Crippen LogP) is 2.10. The zero-order valence-corrected chi connectivity index (χ0v) is 12.9. The number of ether oxygens (including phenoxy) is 1. The molecule has 0 spiro atoms. The number of hydrogen-bond acceptors (Lipinski definition) is 4. The van der Waals surface area contributed by atoms with Gasteiger partial charge >= 0.3 is 5.97 Å². The van der Waals surface area contributed by atoms with Crippen molar-refractivity contribution in [2.45, 2.75) is 19.4 Å². The Morgan fingerprint density at radius 2 is 2.37 bits per heavy atom. The lowest BCUT2D eigenvalue weighted by atomic mass is 10.1. The summed E-state index contributed by atoms with van der Waals surface area (Å²) in [4.78, 5) is 13.8. The highest BCUT2D eigenvalue weighted by atomic mass is 79.9. The van der Waals surface area contributed by atoms with Gasteiger partial charge in [0.2, 0.25) is 0 Å². The van der Waals surface area contributed by atoms with E-state index in [9.17, 15) is 4.79 Å². The Morgan fingerprint density at radius 3 is 3.05 bits per heavy atom. The van der Waals surface area contributed by atoms with Crippen LogP contribution in [-0.2, 0) is 9.53 Å². The molecule has 1 saturated heterocycles. The second-order valence-corrected chi connectivity index (χ2v) is 5.68. The van der Waals surface area contributed by atoms with Crippen LogP contribution in [-0.4, -0.2) is 38.8 Å². The largest absolute Gasteiger partial charge is 0.469 e. The lowest BCUT2D eigenvalue weighted by Gasteiger charge is -2.38. The minimum Gasteiger partial charge on any atom is -0.469 e. The van der Waals surface area contributed by atoms with Crippen LogP contribution in [0.3, 0.4) is 0 Å².